The zero-order valence-electron chi connectivity index (χ0n) is 19.8. The first-order chi connectivity index (χ1) is 16.9. The van der Waals surface area contributed by atoms with Gasteiger partial charge in [-0.2, -0.15) is 0 Å². The van der Waals surface area contributed by atoms with E-state index in [-0.39, 0.29) is 29.5 Å². The zero-order chi connectivity index (χ0) is 24.9. The first kappa shape index (κ1) is 23.9. The maximum absolute atomic E-state index is 15.9. The van der Waals surface area contributed by atoms with Crippen LogP contribution in [0.25, 0.3) is 10.9 Å². The average molecular weight is 472 g/mol. The minimum Gasteiger partial charge on any atom is -0.478 e. The van der Waals surface area contributed by atoms with E-state index in [0.29, 0.717) is 11.2 Å². The number of hydrogen-bond acceptors (Lipinski definition) is 4. The fourth-order valence-electron chi connectivity index (χ4n) is 3.87. The van der Waals surface area contributed by atoms with Crippen LogP contribution in [-0.2, 0) is 4.79 Å². The van der Waals surface area contributed by atoms with Gasteiger partial charge in [-0.25, -0.2) is 9.38 Å². The fraction of sp³-hybridized carbons (Fsp3) is 0.179. The molecule has 0 unspecified atom stereocenters. The topological polar surface area (TPSA) is 72.7 Å². The van der Waals surface area contributed by atoms with Crippen LogP contribution in [0.3, 0.4) is 0 Å². The Labute approximate surface area is 202 Å². The highest BCUT2D eigenvalue weighted by atomic mass is 19.1. The normalized spacial score (nSPS) is 10.9. The molecule has 7 heteroatoms. The first-order valence-electron chi connectivity index (χ1n) is 11.3. The molecule has 0 fully saturated rings. The van der Waals surface area contributed by atoms with Gasteiger partial charge in [-0.15, -0.1) is 0 Å². The van der Waals surface area contributed by atoms with Crippen LogP contribution >= 0.6 is 0 Å². The van der Waals surface area contributed by atoms with Crippen molar-refractivity contribution in [1.29, 1.82) is 0 Å². The Morgan fingerprint density at radius 2 is 1.60 bits per heavy atom. The van der Waals surface area contributed by atoms with Crippen molar-refractivity contribution in [1.82, 2.24) is 9.88 Å². The van der Waals surface area contributed by atoms with Crippen LogP contribution in [0.4, 0.5) is 10.1 Å². The molecule has 35 heavy (non-hydrogen) atoms. The molecule has 4 aromatic rings. The number of nitrogens with one attached hydrogen (secondary N) is 1. The fourth-order valence-corrected chi connectivity index (χ4v) is 3.87. The summed E-state index contributed by atoms with van der Waals surface area (Å²) in [6.45, 7) is 3.31. The summed E-state index contributed by atoms with van der Waals surface area (Å²) in [6.07, 6.45) is 0. The Kier molecular flexibility index (Phi) is 7.06. The van der Waals surface area contributed by atoms with Gasteiger partial charge in [0, 0.05) is 29.6 Å². The van der Waals surface area contributed by atoms with Gasteiger partial charge < -0.3 is 14.6 Å². The minimum absolute atomic E-state index is 0.0961. The number of amides is 1. The summed E-state index contributed by atoms with van der Waals surface area (Å²) in [5.74, 6) is -1.07. The summed E-state index contributed by atoms with van der Waals surface area (Å²) in [6, 6.07) is 23.5. The van der Waals surface area contributed by atoms with Crippen molar-refractivity contribution in [2.75, 3.05) is 13.7 Å². The summed E-state index contributed by atoms with van der Waals surface area (Å²) in [7, 11) is 1.47. The Morgan fingerprint density at radius 1 is 1.00 bits per heavy atom. The van der Waals surface area contributed by atoms with Gasteiger partial charge in [-0.05, 0) is 32.0 Å². The number of pyridine rings is 1. The largest absolute Gasteiger partial charge is 0.478 e. The average Bonchev–Trinajstić information content (AvgIpc) is 2.88. The molecule has 1 heterocycles. The van der Waals surface area contributed by atoms with Gasteiger partial charge in [0.2, 0.25) is 0 Å². The lowest BCUT2D eigenvalue weighted by molar-refractivity contribution is -0.122. The van der Waals surface area contributed by atoms with Crippen molar-refractivity contribution in [3.63, 3.8) is 0 Å². The Morgan fingerprint density at radius 3 is 2.14 bits per heavy atom. The van der Waals surface area contributed by atoms with Crippen LogP contribution in [0.2, 0.25) is 0 Å². The molecule has 1 aromatic heterocycles. The van der Waals surface area contributed by atoms with Crippen molar-refractivity contribution in [2.24, 2.45) is 4.99 Å². The van der Waals surface area contributed by atoms with E-state index >= 15 is 4.39 Å². The number of halogens is 1. The highest BCUT2D eigenvalue weighted by Gasteiger charge is 2.18. The lowest BCUT2D eigenvalue weighted by atomic mass is 10.0. The standard InChI is InChI=1S/C28H26FN3O3/c1-18(2)32-23-15-14-22(26(29)21(23)16-24(28(32)34)35-17-25(33)30-3)31-27(19-10-6-4-7-11-19)20-12-8-5-9-13-20/h4-16,18H,17H2,1-3H3,(H,30,33). The van der Waals surface area contributed by atoms with Crippen molar-refractivity contribution < 1.29 is 13.9 Å². The third-order valence-electron chi connectivity index (χ3n) is 5.58. The zero-order valence-corrected chi connectivity index (χ0v) is 19.8. The summed E-state index contributed by atoms with van der Waals surface area (Å²) < 4.78 is 22.8. The van der Waals surface area contributed by atoms with Crippen molar-refractivity contribution in [3.8, 4) is 5.75 Å². The van der Waals surface area contributed by atoms with Gasteiger partial charge in [-0.1, -0.05) is 60.7 Å². The van der Waals surface area contributed by atoms with Gasteiger partial charge in [0.1, 0.15) is 5.69 Å². The summed E-state index contributed by atoms with van der Waals surface area (Å²) in [5.41, 5.74) is 2.44. The Balaban J connectivity index is 1.92. The number of carbonyl (C=O) groups is 1. The molecular formula is C28H26FN3O3. The van der Waals surface area contributed by atoms with Gasteiger partial charge in [0.05, 0.1) is 11.2 Å². The highest BCUT2D eigenvalue weighted by Crippen LogP contribution is 2.30. The molecule has 1 amide bonds. The molecule has 0 radical (unpaired) electrons. The molecule has 0 bridgehead atoms. The number of fused-ring (bicyclic) bond motifs is 1. The number of aliphatic imine (C=N–C) groups is 1. The second-order valence-electron chi connectivity index (χ2n) is 8.26. The number of aromatic nitrogens is 1. The van der Waals surface area contributed by atoms with Crippen LogP contribution < -0.4 is 15.6 Å². The Bertz CT molecular complexity index is 1400. The quantitative estimate of drug-likeness (QED) is 0.385. The second kappa shape index (κ2) is 10.3. The molecule has 0 saturated carbocycles. The van der Waals surface area contributed by atoms with Gasteiger partial charge in [0.25, 0.3) is 11.5 Å². The van der Waals surface area contributed by atoms with E-state index < -0.39 is 17.3 Å². The Hall–Kier alpha value is -4.26. The molecule has 1 N–H and O–H groups in total. The van der Waals surface area contributed by atoms with Crippen LogP contribution in [0.15, 0.2) is 88.6 Å². The van der Waals surface area contributed by atoms with Crippen molar-refractivity contribution in [2.45, 2.75) is 19.9 Å². The molecule has 0 aliphatic heterocycles. The first-order valence-corrected chi connectivity index (χ1v) is 11.3. The van der Waals surface area contributed by atoms with Crippen LogP contribution in [0.5, 0.6) is 5.75 Å². The molecule has 178 valence electrons. The predicted molar refractivity (Wildman–Crippen MR) is 136 cm³/mol. The number of ether oxygens (including phenoxy) is 1. The minimum atomic E-state index is -0.578. The maximum Gasteiger partial charge on any atom is 0.293 e. The van der Waals surface area contributed by atoms with Crippen LogP contribution in [0.1, 0.15) is 31.0 Å². The molecule has 0 aliphatic rings. The van der Waals surface area contributed by atoms with Gasteiger partial charge >= 0.3 is 0 Å². The summed E-state index contributed by atoms with van der Waals surface area (Å²) in [5, 5.41) is 2.62. The number of carbonyl (C=O) groups excluding carboxylic acids is 1. The third kappa shape index (κ3) is 4.99. The van der Waals surface area contributed by atoms with Crippen LogP contribution in [0, 0.1) is 5.82 Å². The van der Waals surface area contributed by atoms with E-state index in [1.165, 1.54) is 17.7 Å². The second-order valence-corrected chi connectivity index (χ2v) is 8.26. The number of likely N-dealkylation sites (N-methyl/N-ethyl adjacent to an activating group) is 1. The molecule has 0 atom stereocenters. The van der Waals surface area contributed by atoms with Crippen LogP contribution in [-0.4, -0.2) is 29.8 Å². The number of rotatable bonds is 7. The molecule has 3 aromatic carbocycles. The van der Waals surface area contributed by atoms with E-state index in [2.05, 4.69) is 5.32 Å². The van der Waals surface area contributed by atoms with Gasteiger partial charge in [0.15, 0.2) is 18.2 Å². The smallest absolute Gasteiger partial charge is 0.293 e. The summed E-state index contributed by atoms with van der Waals surface area (Å²) >= 11 is 0. The number of hydrogen-bond donors (Lipinski definition) is 1. The molecule has 6 nitrogen and oxygen atoms in total. The maximum atomic E-state index is 15.9. The molecule has 4 rings (SSSR count). The van der Waals surface area contributed by atoms with E-state index in [9.17, 15) is 9.59 Å². The van der Waals surface area contributed by atoms with Crippen molar-refractivity contribution in [3.05, 3.63) is 106 Å². The van der Waals surface area contributed by atoms with E-state index in [1.54, 1.807) is 12.1 Å². The lowest BCUT2D eigenvalue weighted by Gasteiger charge is -2.17. The van der Waals surface area contributed by atoms with Crippen molar-refractivity contribution >= 4 is 28.2 Å². The lowest BCUT2D eigenvalue weighted by Crippen LogP contribution is -2.29. The predicted octanol–water partition coefficient (Wildman–Crippen LogP) is 5.02. The van der Waals surface area contributed by atoms with E-state index in [0.717, 1.165) is 11.1 Å². The molecule has 0 aliphatic carbocycles. The van der Waals surface area contributed by atoms with E-state index in [4.69, 9.17) is 9.73 Å². The van der Waals surface area contributed by atoms with E-state index in [1.807, 2.05) is 74.5 Å². The number of nitrogens with zero attached hydrogens (tertiary/aromatic N) is 2. The van der Waals surface area contributed by atoms with Gasteiger partial charge in [-0.3, -0.25) is 9.59 Å². The summed E-state index contributed by atoms with van der Waals surface area (Å²) in [4.78, 5) is 29.4. The molecule has 0 saturated heterocycles. The third-order valence-corrected chi connectivity index (χ3v) is 5.58. The highest BCUT2D eigenvalue weighted by molar-refractivity contribution is 6.14. The molecule has 0 spiro atoms. The monoisotopic (exact) mass is 471 g/mol. The SMILES string of the molecule is CNC(=O)COc1cc2c(F)c(N=C(c3ccccc3)c3ccccc3)ccc2n(C(C)C)c1=O. The molecular weight excluding hydrogens is 445 g/mol. The number of benzene rings is 3.